The van der Waals surface area contributed by atoms with Crippen LogP contribution in [0, 0.1) is 11.8 Å². The number of carbonyl (C=O) groups excluding carboxylic acids is 1. The number of hydrogen-bond donors (Lipinski definition) is 1. The molecule has 0 spiro atoms. The molecule has 2 saturated heterocycles. The van der Waals surface area contributed by atoms with Gasteiger partial charge in [-0.1, -0.05) is 11.6 Å². The predicted octanol–water partition coefficient (Wildman–Crippen LogP) is 1.03. The van der Waals surface area contributed by atoms with Crippen LogP contribution in [0.5, 0.6) is 0 Å². The van der Waals surface area contributed by atoms with Gasteiger partial charge in [-0.15, -0.1) is 0 Å². The average molecular weight is 252 g/mol. The van der Waals surface area contributed by atoms with Gasteiger partial charge in [-0.05, 0) is 17.9 Å². The first-order valence-corrected chi connectivity index (χ1v) is 6.23. The first-order valence-electron chi connectivity index (χ1n) is 5.85. The summed E-state index contributed by atoms with van der Waals surface area (Å²) in [5.74, 6) is 1.26. The first-order chi connectivity index (χ1) is 8.25. The Balaban J connectivity index is 1.78. The molecule has 3 heterocycles. The molecule has 1 N–H and O–H groups in total. The van der Waals surface area contributed by atoms with E-state index in [0.717, 1.165) is 26.2 Å². The summed E-state index contributed by atoms with van der Waals surface area (Å²) in [5.41, 5.74) is 0.564. The van der Waals surface area contributed by atoms with Gasteiger partial charge < -0.3 is 10.2 Å². The van der Waals surface area contributed by atoms with Crippen LogP contribution >= 0.6 is 11.6 Å². The van der Waals surface area contributed by atoms with E-state index in [1.54, 1.807) is 12.3 Å². The van der Waals surface area contributed by atoms with E-state index in [1.807, 2.05) is 4.90 Å². The molecule has 17 heavy (non-hydrogen) atoms. The predicted molar refractivity (Wildman–Crippen MR) is 65.0 cm³/mol. The Morgan fingerprint density at radius 2 is 2.12 bits per heavy atom. The second-order valence-electron chi connectivity index (χ2n) is 4.74. The number of hydrogen-bond acceptors (Lipinski definition) is 3. The van der Waals surface area contributed by atoms with Crippen molar-refractivity contribution in [3.63, 3.8) is 0 Å². The zero-order valence-electron chi connectivity index (χ0n) is 9.40. The molecular weight excluding hydrogens is 238 g/mol. The molecular formula is C12H14ClN3O. The number of rotatable bonds is 1. The Kier molecular flexibility index (Phi) is 2.76. The summed E-state index contributed by atoms with van der Waals surface area (Å²) in [4.78, 5) is 18.1. The van der Waals surface area contributed by atoms with E-state index in [9.17, 15) is 4.79 Å². The van der Waals surface area contributed by atoms with Gasteiger partial charge in [0.15, 0.2) is 0 Å². The zero-order valence-corrected chi connectivity index (χ0v) is 10.2. The van der Waals surface area contributed by atoms with Gasteiger partial charge in [0.1, 0.15) is 0 Å². The highest BCUT2D eigenvalue weighted by molar-refractivity contribution is 6.33. The number of amides is 1. The first kappa shape index (κ1) is 11.0. The van der Waals surface area contributed by atoms with Crippen LogP contribution in [0.2, 0.25) is 5.02 Å². The number of aromatic nitrogens is 1. The van der Waals surface area contributed by atoms with Crippen molar-refractivity contribution in [2.24, 2.45) is 11.8 Å². The van der Waals surface area contributed by atoms with Crippen LogP contribution in [-0.4, -0.2) is 42.0 Å². The average Bonchev–Trinajstić information content (AvgIpc) is 2.88. The molecule has 0 radical (unpaired) electrons. The number of nitrogens with one attached hydrogen (secondary N) is 1. The van der Waals surface area contributed by atoms with Crippen LogP contribution in [0.15, 0.2) is 18.5 Å². The van der Waals surface area contributed by atoms with Crippen molar-refractivity contribution in [2.75, 3.05) is 26.2 Å². The number of likely N-dealkylation sites (tertiary alicyclic amines) is 1. The van der Waals surface area contributed by atoms with Gasteiger partial charge >= 0.3 is 0 Å². The highest BCUT2D eigenvalue weighted by Crippen LogP contribution is 2.28. The van der Waals surface area contributed by atoms with Crippen LogP contribution in [0.4, 0.5) is 0 Å². The molecule has 2 aliphatic rings. The fourth-order valence-electron chi connectivity index (χ4n) is 2.74. The van der Waals surface area contributed by atoms with Crippen LogP contribution < -0.4 is 5.32 Å². The fourth-order valence-corrected chi connectivity index (χ4v) is 2.94. The molecule has 90 valence electrons. The summed E-state index contributed by atoms with van der Waals surface area (Å²) in [6, 6.07) is 1.69. The van der Waals surface area contributed by atoms with Crippen molar-refractivity contribution in [1.29, 1.82) is 0 Å². The Labute approximate surface area is 105 Å². The van der Waals surface area contributed by atoms with Gasteiger partial charge in [-0.25, -0.2) is 0 Å². The largest absolute Gasteiger partial charge is 0.338 e. The molecule has 0 saturated carbocycles. The lowest BCUT2D eigenvalue weighted by atomic mass is 10.0. The molecule has 3 rings (SSSR count). The van der Waals surface area contributed by atoms with Gasteiger partial charge in [0.2, 0.25) is 0 Å². The summed E-state index contributed by atoms with van der Waals surface area (Å²) in [5, 5.41) is 3.80. The maximum Gasteiger partial charge on any atom is 0.255 e. The summed E-state index contributed by atoms with van der Waals surface area (Å²) in [6.45, 7) is 3.74. The van der Waals surface area contributed by atoms with E-state index < -0.39 is 0 Å². The molecule has 1 amide bonds. The van der Waals surface area contributed by atoms with Crippen LogP contribution in [0.25, 0.3) is 0 Å². The van der Waals surface area contributed by atoms with E-state index in [2.05, 4.69) is 10.3 Å². The normalized spacial score (nSPS) is 27.2. The molecule has 4 nitrogen and oxygen atoms in total. The third-order valence-corrected chi connectivity index (χ3v) is 3.98. The van der Waals surface area contributed by atoms with Gasteiger partial charge in [-0.3, -0.25) is 9.78 Å². The number of pyridine rings is 1. The van der Waals surface area contributed by atoms with Gasteiger partial charge in [0.25, 0.3) is 5.91 Å². The van der Waals surface area contributed by atoms with E-state index >= 15 is 0 Å². The minimum absolute atomic E-state index is 0.0341. The molecule has 1 aromatic heterocycles. The molecule has 2 atom stereocenters. The second kappa shape index (κ2) is 4.27. The second-order valence-corrected chi connectivity index (χ2v) is 5.15. The topological polar surface area (TPSA) is 45.2 Å². The van der Waals surface area contributed by atoms with E-state index in [4.69, 9.17) is 11.6 Å². The molecule has 2 fully saturated rings. The monoisotopic (exact) mass is 251 g/mol. The Bertz CT molecular complexity index is 439. The highest BCUT2D eigenvalue weighted by atomic mass is 35.5. The summed E-state index contributed by atoms with van der Waals surface area (Å²) >= 11 is 6.00. The smallest absolute Gasteiger partial charge is 0.255 e. The number of carbonyl (C=O) groups is 1. The lowest BCUT2D eigenvalue weighted by Crippen LogP contribution is -2.32. The SMILES string of the molecule is O=C(c1ccncc1Cl)N1C[C@H]2CNC[C@H]2C1. The summed E-state index contributed by atoms with van der Waals surface area (Å²) < 4.78 is 0. The zero-order chi connectivity index (χ0) is 11.8. The van der Waals surface area contributed by atoms with Crippen LogP contribution in [0.1, 0.15) is 10.4 Å². The summed E-state index contributed by atoms with van der Waals surface area (Å²) in [6.07, 6.45) is 3.13. The van der Waals surface area contributed by atoms with Crippen molar-refractivity contribution in [2.45, 2.75) is 0 Å². The van der Waals surface area contributed by atoms with Gasteiger partial charge in [-0.2, -0.15) is 0 Å². The lowest BCUT2D eigenvalue weighted by Gasteiger charge is -2.17. The minimum Gasteiger partial charge on any atom is -0.338 e. The minimum atomic E-state index is 0.0341. The number of halogens is 1. The number of nitrogens with zero attached hydrogens (tertiary/aromatic N) is 2. The Hall–Kier alpha value is -1.13. The third-order valence-electron chi connectivity index (χ3n) is 3.68. The molecule has 5 heteroatoms. The van der Waals surface area contributed by atoms with Crippen LogP contribution in [0.3, 0.4) is 0 Å². The highest BCUT2D eigenvalue weighted by Gasteiger charge is 2.38. The maximum atomic E-state index is 12.3. The molecule has 1 aromatic rings. The van der Waals surface area contributed by atoms with E-state index in [1.165, 1.54) is 6.20 Å². The maximum absolute atomic E-state index is 12.3. The lowest BCUT2D eigenvalue weighted by molar-refractivity contribution is 0.0782. The van der Waals surface area contributed by atoms with E-state index in [0.29, 0.717) is 22.4 Å². The molecule has 0 unspecified atom stereocenters. The summed E-state index contributed by atoms with van der Waals surface area (Å²) in [7, 11) is 0. The van der Waals surface area contributed by atoms with Gasteiger partial charge in [0.05, 0.1) is 10.6 Å². The van der Waals surface area contributed by atoms with Crippen LogP contribution in [-0.2, 0) is 0 Å². The number of fused-ring (bicyclic) bond motifs is 1. The van der Waals surface area contributed by atoms with Crippen molar-refractivity contribution < 1.29 is 4.79 Å². The van der Waals surface area contributed by atoms with Crippen molar-refractivity contribution in [1.82, 2.24) is 15.2 Å². The molecule has 0 aliphatic carbocycles. The molecule has 0 aromatic carbocycles. The molecule has 0 bridgehead atoms. The van der Waals surface area contributed by atoms with Crippen molar-refractivity contribution in [3.05, 3.63) is 29.0 Å². The fraction of sp³-hybridized carbons (Fsp3) is 0.500. The third kappa shape index (κ3) is 1.91. The molecule has 2 aliphatic heterocycles. The quantitative estimate of drug-likeness (QED) is 0.811. The van der Waals surface area contributed by atoms with Gasteiger partial charge in [0, 0.05) is 38.6 Å². The van der Waals surface area contributed by atoms with E-state index in [-0.39, 0.29) is 5.91 Å². The Morgan fingerprint density at radius 1 is 1.41 bits per heavy atom. The Morgan fingerprint density at radius 3 is 2.76 bits per heavy atom. The van der Waals surface area contributed by atoms with Crippen molar-refractivity contribution in [3.8, 4) is 0 Å². The van der Waals surface area contributed by atoms with Crippen molar-refractivity contribution >= 4 is 17.5 Å². The standard InChI is InChI=1S/C12H14ClN3O/c13-11-5-14-2-1-10(11)12(17)16-6-8-3-15-4-9(8)7-16/h1-2,5,8-9,15H,3-4,6-7H2/t8-,9+.